The SMILES string of the molecule is CN(C)S(=O)(=O)c1ccc(OCCNC(=O)CSCc2ccc(Cl)cc2)cc1. The number of sulfonamides is 1. The van der Waals surface area contributed by atoms with Gasteiger partial charge in [0.15, 0.2) is 0 Å². The third-order valence-corrected chi connectivity index (χ3v) is 6.80. The Hall–Kier alpha value is -1.74. The van der Waals surface area contributed by atoms with E-state index in [1.807, 2.05) is 24.3 Å². The number of thioether (sulfide) groups is 1. The number of ether oxygens (including phenoxy) is 1. The van der Waals surface area contributed by atoms with Gasteiger partial charge in [0.1, 0.15) is 12.4 Å². The maximum Gasteiger partial charge on any atom is 0.242 e. The van der Waals surface area contributed by atoms with E-state index in [4.69, 9.17) is 16.3 Å². The predicted octanol–water partition coefficient (Wildman–Crippen LogP) is 3.02. The first kappa shape index (κ1) is 22.5. The van der Waals surface area contributed by atoms with Crippen LogP contribution in [0.25, 0.3) is 0 Å². The largest absolute Gasteiger partial charge is 0.492 e. The molecule has 0 fully saturated rings. The summed E-state index contributed by atoms with van der Waals surface area (Å²) in [4.78, 5) is 12.0. The molecule has 152 valence electrons. The van der Waals surface area contributed by atoms with Crippen molar-refractivity contribution < 1.29 is 17.9 Å². The van der Waals surface area contributed by atoms with Gasteiger partial charge in [0.05, 0.1) is 17.2 Å². The van der Waals surface area contributed by atoms with Gasteiger partial charge in [-0.15, -0.1) is 11.8 Å². The number of nitrogens with one attached hydrogen (secondary N) is 1. The van der Waals surface area contributed by atoms with Crippen LogP contribution in [-0.4, -0.2) is 51.6 Å². The number of hydrogen-bond acceptors (Lipinski definition) is 5. The van der Waals surface area contributed by atoms with E-state index in [1.54, 1.807) is 12.1 Å². The number of amides is 1. The van der Waals surface area contributed by atoms with Gasteiger partial charge < -0.3 is 10.1 Å². The van der Waals surface area contributed by atoms with E-state index in [-0.39, 0.29) is 10.8 Å². The third kappa shape index (κ3) is 7.01. The Labute approximate surface area is 175 Å². The average Bonchev–Trinajstić information content (AvgIpc) is 2.67. The fraction of sp³-hybridized carbons (Fsp3) is 0.316. The Morgan fingerprint density at radius 3 is 2.36 bits per heavy atom. The topological polar surface area (TPSA) is 75.7 Å². The van der Waals surface area contributed by atoms with Crippen LogP contribution in [0.1, 0.15) is 5.56 Å². The minimum Gasteiger partial charge on any atom is -0.492 e. The molecule has 0 unspecified atom stereocenters. The predicted molar refractivity (Wildman–Crippen MR) is 113 cm³/mol. The van der Waals surface area contributed by atoms with Crippen LogP contribution in [0.2, 0.25) is 5.02 Å². The second kappa shape index (κ2) is 10.7. The van der Waals surface area contributed by atoms with Crippen molar-refractivity contribution in [1.82, 2.24) is 9.62 Å². The van der Waals surface area contributed by atoms with Gasteiger partial charge in [0.2, 0.25) is 15.9 Å². The van der Waals surface area contributed by atoms with Crippen molar-refractivity contribution >= 4 is 39.3 Å². The van der Waals surface area contributed by atoms with Crippen molar-refractivity contribution in [2.24, 2.45) is 0 Å². The van der Waals surface area contributed by atoms with E-state index < -0.39 is 10.0 Å². The van der Waals surface area contributed by atoms with Gasteiger partial charge >= 0.3 is 0 Å². The standard InChI is InChI=1S/C19H23ClN2O4S2/c1-22(2)28(24,25)18-9-7-17(8-10-18)26-12-11-21-19(23)14-27-13-15-3-5-16(20)6-4-15/h3-10H,11-14H2,1-2H3,(H,21,23). The Bertz CT molecular complexity index is 870. The first-order valence-corrected chi connectivity index (χ1v) is 11.5. The first-order valence-electron chi connectivity index (χ1n) is 8.53. The smallest absolute Gasteiger partial charge is 0.242 e. The molecule has 0 atom stereocenters. The van der Waals surface area contributed by atoms with E-state index in [0.717, 1.165) is 15.6 Å². The zero-order valence-corrected chi connectivity index (χ0v) is 18.1. The Morgan fingerprint density at radius 2 is 1.75 bits per heavy atom. The van der Waals surface area contributed by atoms with Crippen LogP contribution in [0.3, 0.4) is 0 Å². The highest BCUT2D eigenvalue weighted by Gasteiger charge is 2.16. The first-order chi connectivity index (χ1) is 13.3. The van der Waals surface area contributed by atoms with Crippen LogP contribution >= 0.6 is 23.4 Å². The lowest BCUT2D eigenvalue weighted by Gasteiger charge is -2.12. The summed E-state index contributed by atoms with van der Waals surface area (Å²) >= 11 is 7.36. The monoisotopic (exact) mass is 442 g/mol. The second-order valence-corrected chi connectivity index (χ2v) is 9.65. The molecule has 0 aliphatic carbocycles. The van der Waals surface area contributed by atoms with E-state index >= 15 is 0 Å². The molecule has 1 amide bonds. The lowest BCUT2D eigenvalue weighted by molar-refractivity contribution is -0.118. The lowest BCUT2D eigenvalue weighted by atomic mass is 10.2. The minimum absolute atomic E-state index is 0.0602. The molecule has 0 aromatic heterocycles. The van der Waals surface area contributed by atoms with Gasteiger partial charge in [0.25, 0.3) is 0 Å². The molecule has 0 aliphatic heterocycles. The van der Waals surface area contributed by atoms with Crippen LogP contribution in [0, 0.1) is 0 Å². The molecule has 0 heterocycles. The maximum absolute atomic E-state index is 12.0. The molecule has 0 bridgehead atoms. The zero-order chi connectivity index (χ0) is 20.6. The van der Waals surface area contributed by atoms with Crippen LogP contribution < -0.4 is 10.1 Å². The molecule has 28 heavy (non-hydrogen) atoms. The van der Waals surface area contributed by atoms with Crippen molar-refractivity contribution in [1.29, 1.82) is 0 Å². The number of carbonyl (C=O) groups is 1. The lowest BCUT2D eigenvalue weighted by Crippen LogP contribution is -2.29. The molecule has 0 aliphatic rings. The summed E-state index contributed by atoms with van der Waals surface area (Å²) in [6.07, 6.45) is 0. The molecule has 9 heteroatoms. The number of carbonyl (C=O) groups excluding carboxylic acids is 1. The van der Waals surface area contributed by atoms with Crippen molar-refractivity contribution in [2.45, 2.75) is 10.6 Å². The summed E-state index contributed by atoms with van der Waals surface area (Å²) in [5.74, 6) is 1.59. The average molecular weight is 443 g/mol. The van der Waals surface area contributed by atoms with E-state index in [1.165, 1.54) is 38.0 Å². The van der Waals surface area contributed by atoms with Gasteiger partial charge in [-0.25, -0.2) is 12.7 Å². The van der Waals surface area contributed by atoms with Crippen LogP contribution in [0.15, 0.2) is 53.4 Å². The summed E-state index contributed by atoms with van der Waals surface area (Å²) in [5, 5.41) is 3.49. The Balaban J connectivity index is 1.65. The molecule has 0 saturated heterocycles. The molecular formula is C19H23ClN2O4S2. The quantitative estimate of drug-likeness (QED) is 0.572. The summed E-state index contributed by atoms with van der Waals surface area (Å²) in [5.41, 5.74) is 1.12. The van der Waals surface area contributed by atoms with Crippen molar-refractivity contribution in [2.75, 3.05) is 33.0 Å². The molecule has 1 N–H and O–H groups in total. The number of hydrogen-bond donors (Lipinski definition) is 1. The second-order valence-electron chi connectivity index (χ2n) is 6.08. The zero-order valence-electron chi connectivity index (χ0n) is 15.7. The molecule has 0 radical (unpaired) electrons. The van der Waals surface area contributed by atoms with Crippen LogP contribution in [-0.2, 0) is 20.6 Å². The molecule has 2 aromatic rings. The molecular weight excluding hydrogens is 420 g/mol. The fourth-order valence-electron chi connectivity index (χ4n) is 2.17. The molecule has 2 rings (SSSR count). The summed E-state index contributed by atoms with van der Waals surface area (Å²) in [7, 11) is -0.485. The van der Waals surface area contributed by atoms with E-state index in [2.05, 4.69) is 5.32 Å². The molecule has 6 nitrogen and oxygen atoms in total. The minimum atomic E-state index is -3.45. The molecule has 2 aromatic carbocycles. The van der Waals surface area contributed by atoms with E-state index in [0.29, 0.717) is 29.7 Å². The van der Waals surface area contributed by atoms with Crippen LogP contribution in [0.4, 0.5) is 0 Å². The molecule has 0 spiro atoms. The van der Waals surface area contributed by atoms with E-state index in [9.17, 15) is 13.2 Å². The van der Waals surface area contributed by atoms with Crippen molar-refractivity contribution in [3.63, 3.8) is 0 Å². The van der Waals surface area contributed by atoms with Gasteiger partial charge in [-0.3, -0.25) is 4.79 Å². The van der Waals surface area contributed by atoms with Crippen LogP contribution in [0.5, 0.6) is 5.75 Å². The van der Waals surface area contributed by atoms with Gasteiger partial charge in [0, 0.05) is 24.9 Å². The number of rotatable bonds is 10. The maximum atomic E-state index is 12.0. The number of halogens is 1. The van der Waals surface area contributed by atoms with Crippen molar-refractivity contribution in [3.05, 3.63) is 59.1 Å². The highest BCUT2D eigenvalue weighted by molar-refractivity contribution is 7.99. The van der Waals surface area contributed by atoms with Crippen molar-refractivity contribution in [3.8, 4) is 5.75 Å². The number of nitrogens with zero attached hydrogens (tertiary/aromatic N) is 1. The Kier molecular flexibility index (Phi) is 8.62. The summed E-state index contributed by atoms with van der Waals surface area (Å²) < 4.78 is 30.7. The molecule has 0 saturated carbocycles. The normalized spacial score (nSPS) is 11.4. The van der Waals surface area contributed by atoms with Gasteiger partial charge in [-0.1, -0.05) is 23.7 Å². The highest BCUT2D eigenvalue weighted by atomic mass is 35.5. The fourth-order valence-corrected chi connectivity index (χ4v) is 4.02. The number of benzene rings is 2. The van der Waals surface area contributed by atoms with Gasteiger partial charge in [-0.05, 0) is 42.0 Å². The Morgan fingerprint density at radius 1 is 1.11 bits per heavy atom. The highest BCUT2D eigenvalue weighted by Crippen LogP contribution is 2.18. The van der Waals surface area contributed by atoms with Gasteiger partial charge in [-0.2, -0.15) is 0 Å². The summed E-state index contributed by atoms with van der Waals surface area (Å²) in [6, 6.07) is 13.7. The summed E-state index contributed by atoms with van der Waals surface area (Å²) in [6.45, 7) is 0.672. The third-order valence-electron chi connectivity index (χ3n) is 3.71.